The topological polar surface area (TPSA) is 30.5 Å². The minimum atomic E-state index is -2.82. The van der Waals surface area contributed by atoms with Gasteiger partial charge in [-0.2, -0.15) is 14.3 Å². The van der Waals surface area contributed by atoms with E-state index < -0.39 is 6.61 Å². The molecule has 1 N–H and O–H groups in total. The molecular formula is C13H16BrF2NO2. The second-order valence-corrected chi connectivity index (χ2v) is 5.39. The second-order valence-electron chi connectivity index (χ2n) is 4.48. The molecule has 0 saturated heterocycles. The lowest BCUT2D eigenvalue weighted by molar-refractivity contribution is -0.0524. The number of nitrogens with one attached hydrogen (secondary N) is 1. The predicted molar refractivity (Wildman–Crippen MR) is 71.0 cm³/mol. The molecule has 0 radical (unpaired) electrons. The maximum Gasteiger partial charge on any atom is 0.387 e. The fourth-order valence-corrected chi connectivity index (χ4v) is 2.55. The van der Waals surface area contributed by atoms with Gasteiger partial charge in [0, 0.05) is 16.6 Å². The van der Waals surface area contributed by atoms with E-state index in [0.29, 0.717) is 12.1 Å². The van der Waals surface area contributed by atoms with Gasteiger partial charge in [0.15, 0.2) is 0 Å². The molecule has 1 saturated carbocycles. The highest BCUT2D eigenvalue weighted by molar-refractivity contribution is 9.10. The van der Waals surface area contributed by atoms with Crippen LogP contribution in [-0.2, 0) is 11.4 Å². The molecule has 1 aromatic carbocycles. The van der Waals surface area contributed by atoms with Gasteiger partial charge in [0.1, 0.15) is 5.75 Å². The van der Waals surface area contributed by atoms with Crippen LogP contribution in [0.5, 0.6) is 5.75 Å². The molecule has 0 atom stereocenters. The van der Waals surface area contributed by atoms with Crippen LogP contribution in [0.3, 0.4) is 0 Å². The molecule has 3 nitrogen and oxygen atoms in total. The summed E-state index contributed by atoms with van der Waals surface area (Å²) in [5.41, 5.74) is 3.47. The van der Waals surface area contributed by atoms with E-state index in [1.54, 1.807) is 12.1 Å². The van der Waals surface area contributed by atoms with Gasteiger partial charge < -0.3 is 4.74 Å². The van der Waals surface area contributed by atoms with Crippen molar-refractivity contribution < 1.29 is 18.4 Å². The van der Waals surface area contributed by atoms with Gasteiger partial charge in [0.05, 0.1) is 6.10 Å². The quantitative estimate of drug-likeness (QED) is 0.796. The van der Waals surface area contributed by atoms with Crippen LogP contribution in [0.25, 0.3) is 0 Å². The number of hydroxylamine groups is 1. The molecule has 0 spiro atoms. The third-order valence-electron chi connectivity index (χ3n) is 3.05. The van der Waals surface area contributed by atoms with Crippen LogP contribution in [0.2, 0.25) is 0 Å². The molecule has 0 bridgehead atoms. The third-order valence-corrected chi connectivity index (χ3v) is 3.55. The smallest absolute Gasteiger partial charge is 0.387 e. The van der Waals surface area contributed by atoms with Crippen molar-refractivity contribution in [3.05, 3.63) is 28.2 Å². The summed E-state index contributed by atoms with van der Waals surface area (Å²) in [6.07, 6.45) is 4.69. The number of alkyl halides is 2. The summed E-state index contributed by atoms with van der Waals surface area (Å²) < 4.78 is 29.9. The monoisotopic (exact) mass is 335 g/mol. The van der Waals surface area contributed by atoms with Gasteiger partial charge in [-0.3, -0.25) is 4.84 Å². The predicted octanol–water partition coefficient (Wildman–Crippen LogP) is 4.01. The summed E-state index contributed by atoms with van der Waals surface area (Å²) >= 11 is 3.31. The molecule has 0 heterocycles. The first-order valence-electron chi connectivity index (χ1n) is 6.27. The summed E-state index contributed by atoms with van der Waals surface area (Å²) in [5.74, 6) is 0.167. The van der Waals surface area contributed by atoms with Gasteiger partial charge in [-0.25, -0.2) is 0 Å². The van der Waals surface area contributed by atoms with Crippen LogP contribution in [0.15, 0.2) is 22.7 Å². The van der Waals surface area contributed by atoms with Crippen LogP contribution < -0.4 is 10.2 Å². The Hall–Kier alpha value is -0.720. The molecule has 0 aliphatic heterocycles. The van der Waals surface area contributed by atoms with Crippen LogP contribution >= 0.6 is 15.9 Å². The van der Waals surface area contributed by atoms with Gasteiger partial charge >= 0.3 is 6.61 Å². The molecule has 1 aliphatic rings. The first kappa shape index (κ1) is 14.7. The molecule has 6 heteroatoms. The molecule has 0 aromatic heterocycles. The Morgan fingerprint density at radius 2 is 2.05 bits per heavy atom. The number of ether oxygens (including phenoxy) is 1. The molecule has 106 valence electrons. The van der Waals surface area contributed by atoms with E-state index in [0.717, 1.165) is 17.3 Å². The summed E-state index contributed by atoms with van der Waals surface area (Å²) in [7, 11) is 0. The van der Waals surface area contributed by atoms with Gasteiger partial charge in [-0.15, -0.1) is 0 Å². The number of hydrogen-bond acceptors (Lipinski definition) is 3. The molecule has 1 fully saturated rings. The van der Waals surface area contributed by atoms with Crippen molar-refractivity contribution in [2.75, 3.05) is 0 Å². The molecular weight excluding hydrogens is 320 g/mol. The van der Waals surface area contributed by atoms with Crippen LogP contribution in [0.1, 0.15) is 31.2 Å². The number of benzene rings is 1. The summed E-state index contributed by atoms with van der Waals surface area (Å²) in [5, 5.41) is 0. The lowest BCUT2D eigenvalue weighted by atomic mass is 10.2. The summed E-state index contributed by atoms with van der Waals surface area (Å²) in [4.78, 5) is 5.50. The molecule has 2 rings (SSSR count). The zero-order valence-corrected chi connectivity index (χ0v) is 12.0. The standard InChI is InChI=1S/C13H16BrF2NO2/c14-10-5-6-12(18-13(15)16)9(7-10)8-17-19-11-3-1-2-4-11/h5-7,11,13,17H,1-4,8H2. The first-order valence-corrected chi connectivity index (χ1v) is 7.06. The van der Waals surface area contributed by atoms with Crippen molar-refractivity contribution in [1.29, 1.82) is 0 Å². The highest BCUT2D eigenvalue weighted by Gasteiger charge is 2.16. The minimum absolute atomic E-state index is 0.167. The zero-order chi connectivity index (χ0) is 13.7. The van der Waals surface area contributed by atoms with E-state index in [2.05, 4.69) is 26.1 Å². The molecule has 1 aliphatic carbocycles. The average Bonchev–Trinajstić information content (AvgIpc) is 2.85. The van der Waals surface area contributed by atoms with E-state index in [-0.39, 0.29) is 11.9 Å². The Bertz CT molecular complexity index is 412. The van der Waals surface area contributed by atoms with Crippen LogP contribution in [-0.4, -0.2) is 12.7 Å². The van der Waals surface area contributed by atoms with Crippen molar-refractivity contribution in [3.8, 4) is 5.75 Å². The number of rotatable bonds is 6. The van der Waals surface area contributed by atoms with E-state index in [1.807, 2.05) is 0 Å². The minimum Gasteiger partial charge on any atom is -0.434 e. The number of halogens is 3. The summed E-state index contributed by atoms with van der Waals surface area (Å²) in [6, 6.07) is 4.92. The normalized spacial score (nSPS) is 16.2. The van der Waals surface area contributed by atoms with E-state index >= 15 is 0 Å². The molecule has 0 amide bonds. The Balaban J connectivity index is 1.91. The highest BCUT2D eigenvalue weighted by Crippen LogP contribution is 2.25. The second kappa shape index (κ2) is 7.17. The molecule has 0 unspecified atom stereocenters. The SMILES string of the molecule is FC(F)Oc1ccc(Br)cc1CNOC1CCCC1. The maximum atomic E-state index is 12.3. The van der Waals surface area contributed by atoms with E-state index in [4.69, 9.17) is 4.84 Å². The Morgan fingerprint density at radius 1 is 1.32 bits per heavy atom. The van der Waals surface area contributed by atoms with E-state index in [1.165, 1.54) is 18.9 Å². The van der Waals surface area contributed by atoms with Gasteiger partial charge in [0.25, 0.3) is 0 Å². The average molecular weight is 336 g/mol. The van der Waals surface area contributed by atoms with Crippen LogP contribution in [0.4, 0.5) is 8.78 Å². The molecule has 19 heavy (non-hydrogen) atoms. The van der Waals surface area contributed by atoms with Crippen LogP contribution in [0, 0.1) is 0 Å². The fourth-order valence-electron chi connectivity index (χ4n) is 2.14. The maximum absolute atomic E-state index is 12.3. The van der Waals surface area contributed by atoms with Gasteiger partial charge in [-0.1, -0.05) is 28.8 Å². The Kier molecular flexibility index (Phi) is 5.54. The van der Waals surface area contributed by atoms with Crippen molar-refractivity contribution in [1.82, 2.24) is 5.48 Å². The number of hydrogen-bond donors (Lipinski definition) is 1. The third kappa shape index (κ3) is 4.71. The fraction of sp³-hybridized carbons (Fsp3) is 0.538. The first-order chi connectivity index (χ1) is 9.15. The largest absolute Gasteiger partial charge is 0.434 e. The Labute approximate surface area is 119 Å². The van der Waals surface area contributed by atoms with Crippen molar-refractivity contribution in [3.63, 3.8) is 0 Å². The Morgan fingerprint density at radius 3 is 2.74 bits per heavy atom. The van der Waals surface area contributed by atoms with Crippen molar-refractivity contribution in [2.45, 2.75) is 44.9 Å². The lowest BCUT2D eigenvalue weighted by Gasteiger charge is -2.14. The van der Waals surface area contributed by atoms with E-state index in [9.17, 15) is 8.78 Å². The van der Waals surface area contributed by atoms with Crippen molar-refractivity contribution >= 4 is 15.9 Å². The lowest BCUT2D eigenvalue weighted by Crippen LogP contribution is -2.21. The summed E-state index contributed by atoms with van der Waals surface area (Å²) in [6.45, 7) is -2.49. The van der Waals surface area contributed by atoms with Gasteiger partial charge in [0.2, 0.25) is 0 Å². The van der Waals surface area contributed by atoms with Gasteiger partial charge in [-0.05, 0) is 31.0 Å². The molecule has 1 aromatic rings. The highest BCUT2D eigenvalue weighted by atomic mass is 79.9. The van der Waals surface area contributed by atoms with Crippen molar-refractivity contribution in [2.24, 2.45) is 0 Å². The zero-order valence-electron chi connectivity index (χ0n) is 10.4.